The summed E-state index contributed by atoms with van der Waals surface area (Å²) < 4.78 is 45.5. The van der Waals surface area contributed by atoms with Gasteiger partial charge in [0.15, 0.2) is 0 Å². The average Bonchev–Trinajstić information content (AvgIpc) is 2.87. The summed E-state index contributed by atoms with van der Waals surface area (Å²) in [6.07, 6.45) is 10.6. The molecule has 37 heavy (non-hydrogen) atoms. The number of halogens is 3. The van der Waals surface area contributed by atoms with Crippen molar-refractivity contribution < 1.29 is 27.4 Å². The van der Waals surface area contributed by atoms with Gasteiger partial charge in [-0.25, -0.2) is 4.79 Å². The van der Waals surface area contributed by atoms with Crippen molar-refractivity contribution >= 4 is 23.6 Å². The molecule has 8 heteroatoms. The fraction of sp³-hybridized carbons (Fsp3) is 0.310. The Labute approximate surface area is 218 Å². The van der Waals surface area contributed by atoms with Gasteiger partial charge in [0.05, 0.1) is 30.5 Å². The van der Waals surface area contributed by atoms with Gasteiger partial charge in [0.2, 0.25) is 0 Å². The van der Waals surface area contributed by atoms with Gasteiger partial charge >= 0.3 is 12.1 Å². The molecule has 0 N–H and O–H groups in total. The van der Waals surface area contributed by atoms with Crippen molar-refractivity contribution in [2.24, 2.45) is 4.99 Å². The highest BCUT2D eigenvalue weighted by molar-refractivity contribution is 5.89. The van der Waals surface area contributed by atoms with Gasteiger partial charge in [0.25, 0.3) is 0 Å². The lowest BCUT2D eigenvalue weighted by atomic mass is 10.2. The van der Waals surface area contributed by atoms with E-state index in [0.29, 0.717) is 29.9 Å². The minimum atomic E-state index is -4.07. The summed E-state index contributed by atoms with van der Waals surface area (Å²) in [5.74, 6) is 0.212. The monoisotopic (exact) mass is 516 g/mol. The number of terminal acetylenes is 1. The molecule has 0 aromatic heterocycles. The lowest BCUT2D eigenvalue weighted by Gasteiger charge is -2.14. The Morgan fingerprint density at radius 3 is 2.38 bits per heavy atom. The molecule has 0 radical (unpaired) electrons. The lowest BCUT2D eigenvalue weighted by Crippen LogP contribution is -2.08. The molecular weight excluding hydrogens is 481 g/mol. The van der Waals surface area contributed by atoms with Crippen LogP contribution in [0.2, 0.25) is 0 Å². The largest absolute Gasteiger partial charge is 0.488 e. The zero-order chi connectivity index (χ0) is 28.3. The van der Waals surface area contributed by atoms with E-state index in [1.165, 1.54) is 14.0 Å². The zero-order valence-corrected chi connectivity index (χ0v) is 22.0. The fourth-order valence-electron chi connectivity index (χ4n) is 2.84. The molecule has 0 saturated carbocycles. The molecule has 0 spiro atoms. The molecule has 0 heterocycles. The Kier molecular flexibility index (Phi) is 16.3. The Bertz CT molecular complexity index is 1060. The first-order valence-corrected chi connectivity index (χ1v) is 11.3. The highest BCUT2D eigenvalue weighted by Gasteiger charge is 2.26. The van der Waals surface area contributed by atoms with Gasteiger partial charge in [0.1, 0.15) is 12.4 Å². The van der Waals surface area contributed by atoms with Crippen LogP contribution in [0.25, 0.3) is 0 Å². The van der Waals surface area contributed by atoms with E-state index in [1.807, 2.05) is 62.3 Å². The summed E-state index contributed by atoms with van der Waals surface area (Å²) in [5.41, 5.74) is 2.75. The molecule has 0 saturated heterocycles. The summed E-state index contributed by atoms with van der Waals surface area (Å²) in [4.78, 5) is 17.9. The Morgan fingerprint density at radius 2 is 1.78 bits per heavy atom. The molecule has 2 aromatic carbocycles. The molecule has 0 aliphatic carbocycles. The van der Waals surface area contributed by atoms with Gasteiger partial charge in [0, 0.05) is 20.3 Å². The normalized spacial score (nSPS) is 11.2. The topological polar surface area (TPSA) is 51.1 Å². The summed E-state index contributed by atoms with van der Waals surface area (Å²) in [7, 11) is 5.30. The fourth-order valence-corrected chi connectivity index (χ4v) is 2.84. The van der Waals surface area contributed by atoms with Gasteiger partial charge < -0.3 is 14.4 Å². The van der Waals surface area contributed by atoms with Crippen molar-refractivity contribution in [3.63, 3.8) is 0 Å². The predicted octanol–water partition coefficient (Wildman–Crippen LogP) is 7.42. The quantitative estimate of drug-likeness (QED) is 0.151. The van der Waals surface area contributed by atoms with Crippen LogP contribution in [0.15, 0.2) is 77.3 Å². The molecule has 200 valence electrons. The number of anilines is 1. The molecule has 5 nitrogen and oxygen atoms in total. The van der Waals surface area contributed by atoms with Gasteiger partial charge in [-0.15, -0.1) is 12.8 Å². The minimum Gasteiger partial charge on any atom is -0.488 e. The molecule has 0 unspecified atom stereocenters. The number of benzene rings is 2. The number of carbonyl (C=O) groups is 1. The van der Waals surface area contributed by atoms with Crippen LogP contribution in [0.3, 0.4) is 0 Å². The van der Waals surface area contributed by atoms with Crippen LogP contribution in [0.1, 0.15) is 37.0 Å². The van der Waals surface area contributed by atoms with Crippen molar-refractivity contribution in [2.45, 2.75) is 32.9 Å². The van der Waals surface area contributed by atoms with Gasteiger partial charge in [-0.05, 0) is 50.6 Å². The second-order valence-corrected chi connectivity index (χ2v) is 7.67. The van der Waals surface area contributed by atoms with E-state index in [4.69, 9.17) is 4.74 Å². The number of methoxy groups -OCH3 is 1. The van der Waals surface area contributed by atoms with Crippen molar-refractivity contribution in [2.75, 3.05) is 32.7 Å². The smallest absolute Gasteiger partial charge is 0.392 e. The maximum Gasteiger partial charge on any atom is 0.392 e. The standard InChI is InChI=1S/C18H20N2O3.C9H13F3.C2H2/c1-20(2)17-10-5-4-9-16(17)19-11-12-23-15-8-6-7-14(13-15)18(21)22-3;1-3-4-5-6-8(2)7-9(10,11)12;1-2/h4-11,13H,12H2,1-3H3;3-4,6H,5,7H2,1-2H3;1-2H/b;4-3-,8-6-;. The third-order valence-corrected chi connectivity index (χ3v) is 4.49. The van der Waals surface area contributed by atoms with Crippen LogP contribution < -0.4 is 9.64 Å². The van der Waals surface area contributed by atoms with Crippen LogP contribution >= 0.6 is 0 Å². The Balaban J connectivity index is 0.000000786. The Hall–Kier alpha value is -3.99. The number of nitrogens with zero attached hydrogens (tertiary/aromatic N) is 2. The first kappa shape index (κ1) is 33.0. The summed E-state index contributed by atoms with van der Waals surface area (Å²) in [6.45, 7) is 3.65. The van der Waals surface area contributed by atoms with Crippen LogP contribution in [0.4, 0.5) is 24.5 Å². The van der Waals surface area contributed by atoms with Crippen molar-refractivity contribution in [1.29, 1.82) is 0 Å². The van der Waals surface area contributed by atoms with E-state index in [2.05, 4.69) is 22.6 Å². The average molecular weight is 517 g/mol. The number of hydrogen-bond donors (Lipinski definition) is 0. The minimum absolute atomic E-state index is 0.312. The predicted molar refractivity (Wildman–Crippen MR) is 146 cm³/mol. The molecule has 0 bridgehead atoms. The van der Waals surface area contributed by atoms with E-state index < -0.39 is 12.6 Å². The van der Waals surface area contributed by atoms with Crippen molar-refractivity contribution in [3.8, 4) is 18.6 Å². The highest BCUT2D eigenvalue weighted by atomic mass is 19.4. The van der Waals surface area contributed by atoms with E-state index >= 15 is 0 Å². The number of ether oxygens (including phenoxy) is 2. The number of hydrogen-bond acceptors (Lipinski definition) is 5. The molecule has 0 aliphatic heterocycles. The number of esters is 1. The molecular formula is C29H35F3N2O3. The number of para-hydroxylation sites is 2. The van der Waals surface area contributed by atoms with Crippen LogP contribution in [-0.2, 0) is 4.74 Å². The van der Waals surface area contributed by atoms with E-state index in [-0.39, 0.29) is 5.97 Å². The van der Waals surface area contributed by atoms with Crippen molar-refractivity contribution in [3.05, 3.63) is 77.9 Å². The number of aliphatic imine (C=N–C) groups is 1. The number of carbonyl (C=O) groups excluding carboxylic acids is 1. The van der Waals surface area contributed by atoms with Gasteiger partial charge in [-0.1, -0.05) is 42.0 Å². The van der Waals surface area contributed by atoms with Crippen LogP contribution in [-0.4, -0.2) is 46.2 Å². The van der Waals surface area contributed by atoms with Crippen LogP contribution in [0.5, 0.6) is 5.75 Å². The first-order chi connectivity index (χ1) is 17.6. The second-order valence-electron chi connectivity index (χ2n) is 7.67. The van der Waals surface area contributed by atoms with Gasteiger partial charge in [-0.2, -0.15) is 13.2 Å². The highest BCUT2D eigenvalue weighted by Crippen LogP contribution is 2.26. The molecule has 0 fully saturated rings. The van der Waals surface area contributed by atoms with Crippen LogP contribution in [0, 0.1) is 12.8 Å². The molecule has 0 aliphatic rings. The number of rotatable bonds is 9. The molecule has 0 atom stereocenters. The summed E-state index contributed by atoms with van der Waals surface area (Å²) in [5, 5.41) is 0. The SMILES string of the molecule is C#C.C/C=C\C/C=C(/C)CC(F)(F)F.COC(=O)c1cccc(OCC=Nc2ccccc2N(C)C)c1. The Morgan fingerprint density at radius 1 is 1.11 bits per heavy atom. The lowest BCUT2D eigenvalue weighted by molar-refractivity contribution is -0.127. The summed E-state index contributed by atoms with van der Waals surface area (Å²) >= 11 is 0. The maximum atomic E-state index is 11.8. The molecule has 2 aromatic rings. The maximum absolute atomic E-state index is 11.8. The van der Waals surface area contributed by atoms with Crippen molar-refractivity contribution in [1.82, 2.24) is 0 Å². The van der Waals surface area contributed by atoms with Gasteiger partial charge in [-0.3, -0.25) is 4.99 Å². The second kappa shape index (κ2) is 18.3. The number of allylic oxidation sites excluding steroid dienone is 4. The molecule has 0 amide bonds. The molecule has 2 rings (SSSR count). The summed E-state index contributed by atoms with van der Waals surface area (Å²) in [6, 6.07) is 14.7. The third kappa shape index (κ3) is 14.9. The number of alkyl halides is 3. The first-order valence-electron chi connectivity index (χ1n) is 11.3. The van der Waals surface area contributed by atoms with E-state index in [9.17, 15) is 18.0 Å². The van der Waals surface area contributed by atoms with E-state index in [1.54, 1.807) is 36.6 Å². The zero-order valence-electron chi connectivity index (χ0n) is 22.0. The third-order valence-electron chi connectivity index (χ3n) is 4.49. The van der Waals surface area contributed by atoms with E-state index in [0.717, 1.165) is 11.4 Å².